The van der Waals surface area contributed by atoms with Gasteiger partial charge >= 0.3 is 5.69 Å². The number of para-hydroxylation sites is 1. The Morgan fingerprint density at radius 1 is 0.871 bits per heavy atom. The summed E-state index contributed by atoms with van der Waals surface area (Å²) in [7, 11) is 0. The van der Waals surface area contributed by atoms with Gasteiger partial charge in [-0.15, -0.1) is 0 Å². The average molecular weight is 424 g/mol. The van der Waals surface area contributed by atoms with Crippen LogP contribution in [0.2, 0.25) is 0 Å². The second-order valence-electron chi connectivity index (χ2n) is 6.33. The Hall–Kier alpha value is -4.18. The summed E-state index contributed by atoms with van der Waals surface area (Å²) < 4.78 is 11.3. The highest BCUT2D eigenvalue weighted by molar-refractivity contribution is 5.56. The first kappa shape index (κ1) is 21.5. The van der Waals surface area contributed by atoms with Crippen molar-refractivity contribution in [1.82, 2.24) is 5.43 Å². The zero-order valence-corrected chi connectivity index (χ0v) is 16.6. The first-order valence-corrected chi connectivity index (χ1v) is 9.38. The summed E-state index contributed by atoms with van der Waals surface area (Å²) in [6, 6.07) is 18.0. The van der Waals surface area contributed by atoms with E-state index in [0.29, 0.717) is 18.9 Å². The molecule has 0 saturated carbocycles. The predicted octanol–water partition coefficient (Wildman–Crippen LogP) is 4.81. The number of hydrogen-bond donors (Lipinski definition) is 2. The molecule has 10 heteroatoms. The number of rotatable bonds is 10. The van der Waals surface area contributed by atoms with Gasteiger partial charge in [0.2, 0.25) is 5.75 Å². The fourth-order valence-electron chi connectivity index (χ4n) is 2.75. The van der Waals surface area contributed by atoms with Crippen LogP contribution in [-0.2, 0) is 6.54 Å². The van der Waals surface area contributed by atoms with Gasteiger partial charge in [0.25, 0.3) is 5.69 Å². The number of hydrogen-bond acceptors (Lipinski definition) is 8. The number of anilines is 1. The molecule has 10 nitrogen and oxygen atoms in total. The molecule has 31 heavy (non-hydrogen) atoms. The van der Waals surface area contributed by atoms with Gasteiger partial charge in [-0.2, -0.15) is 0 Å². The van der Waals surface area contributed by atoms with Crippen molar-refractivity contribution in [2.24, 2.45) is 0 Å². The number of nitrogens with one attached hydrogen (secondary N) is 2. The summed E-state index contributed by atoms with van der Waals surface area (Å²) in [4.78, 5) is 20.8. The predicted molar refractivity (Wildman–Crippen MR) is 114 cm³/mol. The van der Waals surface area contributed by atoms with Gasteiger partial charge in [0.1, 0.15) is 0 Å². The van der Waals surface area contributed by atoms with E-state index in [9.17, 15) is 20.2 Å². The highest BCUT2D eigenvalue weighted by atomic mass is 16.6. The third-order valence-corrected chi connectivity index (χ3v) is 4.18. The van der Waals surface area contributed by atoms with Gasteiger partial charge in [0.05, 0.1) is 22.5 Å². The summed E-state index contributed by atoms with van der Waals surface area (Å²) in [6.07, 6.45) is 0. The lowest BCUT2D eigenvalue weighted by Crippen LogP contribution is -2.20. The maximum Gasteiger partial charge on any atom is 0.318 e. The molecule has 160 valence electrons. The summed E-state index contributed by atoms with van der Waals surface area (Å²) in [5.74, 6) is 0.543. The maximum atomic E-state index is 11.3. The van der Waals surface area contributed by atoms with Crippen molar-refractivity contribution in [2.45, 2.75) is 13.5 Å². The van der Waals surface area contributed by atoms with E-state index in [0.717, 1.165) is 23.4 Å². The van der Waals surface area contributed by atoms with E-state index in [-0.39, 0.29) is 11.5 Å². The highest BCUT2D eigenvalue weighted by Gasteiger charge is 2.22. The first-order chi connectivity index (χ1) is 15.0. The largest absolute Gasteiger partial charge is 0.490 e. The molecule has 3 aromatic carbocycles. The van der Waals surface area contributed by atoms with E-state index in [1.165, 1.54) is 6.07 Å². The number of non-ortho nitro benzene ring substituents is 1. The van der Waals surface area contributed by atoms with Crippen LogP contribution >= 0.6 is 0 Å². The van der Waals surface area contributed by atoms with E-state index in [4.69, 9.17) is 9.47 Å². The molecule has 0 spiro atoms. The van der Waals surface area contributed by atoms with Crippen LogP contribution < -0.4 is 20.3 Å². The zero-order valence-electron chi connectivity index (χ0n) is 16.6. The van der Waals surface area contributed by atoms with E-state index in [2.05, 4.69) is 10.9 Å². The van der Waals surface area contributed by atoms with Crippen molar-refractivity contribution >= 4 is 17.1 Å². The standard InChI is InChI=1S/C21H20N4O6/c1-2-30-21-12-15(14-22-23-16-6-4-3-5-7-16)8-10-20(21)31-19-11-9-17(24(26)27)13-18(19)25(28)29/h3-13,22-23H,2,14H2,1H3. The smallest absolute Gasteiger partial charge is 0.318 e. The molecule has 0 fully saturated rings. The van der Waals surface area contributed by atoms with Crippen molar-refractivity contribution in [1.29, 1.82) is 0 Å². The summed E-state index contributed by atoms with van der Waals surface area (Å²) in [5.41, 5.74) is 7.08. The minimum Gasteiger partial charge on any atom is -0.490 e. The second kappa shape index (κ2) is 10.0. The quantitative estimate of drug-likeness (QED) is 0.350. The lowest BCUT2D eigenvalue weighted by molar-refractivity contribution is -0.394. The number of hydrazine groups is 1. The van der Waals surface area contributed by atoms with Crippen molar-refractivity contribution in [3.8, 4) is 17.2 Å². The molecule has 3 aromatic rings. The van der Waals surface area contributed by atoms with E-state index in [1.807, 2.05) is 30.3 Å². The van der Waals surface area contributed by atoms with Crippen molar-refractivity contribution in [3.63, 3.8) is 0 Å². The molecule has 2 N–H and O–H groups in total. The molecule has 0 aliphatic rings. The van der Waals surface area contributed by atoms with Gasteiger partial charge in [0.15, 0.2) is 11.5 Å². The molecule has 0 unspecified atom stereocenters. The van der Waals surface area contributed by atoms with Gasteiger partial charge in [-0.25, -0.2) is 5.43 Å². The molecule has 0 aromatic heterocycles. The zero-order chi connectivity index (χ0) is 22.2. The molecule has 0 aliphatic carbocycles. The van der Waals surface area contributed by atoms with Gasteiger partial charge in [-0.3, -0.25) is 20.2 Å². The molecule has 0 amide bonds. The Morgan fingerprint density at radius 2 is 1.61 bits per heavy atom. The number of ether oxygens (including phenoxy) is 2. The normalized spacial score (nSPS) is 10.4. The van der Waals surface area contributed by atoms with E-state index >= 15 is 0 Å². The molecule has 0 atom stereocenters. The van der Waals surface area contributed by atoms with Crippen LogP contribution in [-0.4, -0.2) is 16.5 Å². The minimum atomic E-state index is -0.726. The van der Waals surface area contributed by atoms with Gasteiger partial charge < -0.3 is 14.9 Å². The first-order valence-electron chi connectivity index (χ1n) is 9.38. The fraction of sp³-hybridized carbons (Fsp3) is 0.143. The van der Waals surface area contributed by atoms with Crippen LogP contribution in [0.4, 0.5) is 17.1 Å². The van der Waals surface area contributed by atoms with Crippen LogP contribution in [0, 0.1) is 20.2 Å². The van der Waals surface area contributed by atoms with Crippen LogP contribution in [0.5, 0.6) is 17.2 Å². The molecule has 3 rings (SSSR count). The number of nitro groups is 2. The monoisotopic (exact) mass is 424 g/mol. The summed E-state index contributed by atoms with van der Waals surface area (Å²) in [6.45, 7) is 2.64. The molecule has 0 aliphatic heterocycles. The average Bonchev–Trinajstić information content (AvgIpc) is 2.76. The maximum absolute atomic E-state index is 11.3. The minimum absolute atomic E-state index is 0.117. The van der Waals surface area contributed by atoms with Crippen LogP contribution in [0.3, 0.4) is 0 Å². The Balaban J connectivity index is 1.78. The van der Waals surface area contributed by atoms with Gasteiger partial charge in [-0.05, 0) is 42.8 Å². The Bertz CT molecular complexity index is 1070. The number of nitrogens with zero attached hydrogens (tertiary/aromatic N) is 2. The Kier molecular flexibility index (Phi) is 6.97. The van der Waals surface area contributed by atoms with Crippen molar-refractivity contribution < 1.29 is 19.3 Å². The lowest BCUT2D eigenvalue weighted by atomic mass is 10.2. The number of nitro benzene ring substituents is 2. The topological polar surface area (TPSA) is 129 Å². The molecular formula is C21H20N4O6. The van der Waals surface area contributed by atoms with Gasteiger partial charge in [-0.1, -0.05) is 24.3 Å². The van der Waals surface area contributed by atoms with Crippen molar-refractivity contribution in [3.05, 3.63) is 92.5 Å². The molecule has 0 bridgehead atoms. The SMILES string of the molecule is CCOc1cc(CNNc2ccccc2)ccc1Oc1ccc([N+](=O)[O-])cc1[N+](=O)[O-]. The highest BCUT2D eigenvalue weighted by Crippen LogP contribution is 2.38. The number of benzene rings is 3. The third-order valence-electron chi connectivity index (χ3n) is 4.18. The lowest BCUT2D eigenvalue weighted by Gasteiger charge is -2.14. The van der Waals surface area contributed by atoms with Crippen LogP contribution in [0.25, 0.3) is 0 Å². The Labute approximate surface area is 177 Å². The molecule has 0 saturated heterocycles. The van der Waals surface area contributed by atoms with Crippen molar-refractivity contribution in [2.75, 3.05) is 12.0 Å². The summed E-state index contributed by atoms with van der Waals surface area (Å²) in [5, 5.41) is 22.3. The Morgan fingerprint density at radius 3 is 2.29 bits per heavy atom. The van der Waals surface area contributed by atoms with Gasteiger partial charge in [0, 0.05) is 18.3 Å². The molecule has 0 radical (unpaired) electrons. The van der Waals surface area contributed by atoms with E-state index in [1.54, 1.807) is 25.1 Å². The molecule has 0 heterocycles. The van der Waals surface area contributed by atoms with Crippen LogP contribution in [0.1, 0.15) is 12.5 Å². The third kappa shape index (κ3) is 5.67. The summed E-state index contributed by atoms with van der Waals surface area (Å²) >= 11 is 0. The van der Waals surface area contributed by atoms with Crippen LogP contribution in [0.15, 0.2) is 66.7 Å². The van der Waals surface area contributed by atoms with E-state index < -0.39 is 21.2 Å². The fourth-order valence-corrected chi connectivity index (χ4v) is 2.75. The second-order valence-corrected chi connectivity index (χ2v) is 6.33. The molecular weight excluding hydrogens is 404 g/mol.